The van der Waals surface area contributed by atoms with Gasteiger partial charge in [0.1, 0.15) is 11.4 Å². The number of nitrogens with zero attached hydrogens (tertiary/aromatic N) is 1. The molecule has 5 heteroatoms. The first-order chi connectivity index (χ1) is 8.71. The quantitative estimate of drug-likeness (QED) is 0.911. The van der Waals surface area contributed by atoms with Crippen LogP contribution in [0.2, 0.25) is 0 Å². The largest absolute Gasteiger partial charge is 0.480 e. The number of benzene rings is 1. The number of halogens is 1. The summed E-state index contributed by atoms with van der Waals surface area (Å²) < 4.78 is 13.0. The molecule has 0 heterocycles. The Hall–Kier alpha value is -1.91. The number of likely N-dealkylation sites (N-methyl/N-ethyl adjacent to an activating group) is 1. The predicted molar refractivity (Wildman–Crippen MR) is 69.6 cm³/mol. The lowest BCUT2D eigenvalue weighted by Crippen LogP contribution is -2.53. The third-order valence-corrected chi connectivity index (χ3v) is 3.18. The van der Waals surface area contributed by atoms with Gasteiger partial charge in [-0.15, -0.1) is 0 Å². The molecular formula is C14H18FNO3. The van der Waals surface area contributed by atoms with Crippen LogP contribution in [0.15, 0.2) is 18.2 Å². The first-order valence-corrected chi connectivity index (χ1v) is 6.03. The van der Waals surface area contributed by atoms with Crippen LogP contribution in [0.3, 0.4) is 0 Å². The van der Waals surface area contributed by atoms with E-state index in [0.717, 1.165) is 0 Å². The first kappa shape index (κ1) is 15.1. The predicted octanol–water partition coefficient (Wildman–Crippen LogP) is 2.46. The van der Waals surface area contributed by atoms with Crippen molar-refractivity contribution in [2.75, 3.05) is 6.54 Å². The number of carbonyl (C=O) groups is 2. The second-order valence-corrected chi connectivity index (χ2v) is 4.87. The topological polar surface area (TPSA) is 57.6 Å². The first-order valence-electron chi connectivity index (χ1n) is 6.03. The number of rotatable bonds is 4. The Morgan fingerprint density at radius 2 is 1.95 bits per heavy atom. The van der Waals surface area contributed by atoms with Gasteiger partial charge in [0.15, 0.2) is 0 Å². The van der Waals surface area contributed by atoms with Crippen molar-refractivity contribution >= 4 is 11.9 Å². The SMILES string of the molecule is CCN(C(=O)c1ccc(F)cc1C)C(C)(C)C(=O)O. The Labute approximate surface area is 111 Å². The van der Waals surface area contributed by atoms with Crippen LogP contribution >= 0.6 is 0 Å². The number of carboxylic acids is 1. The molecular weight excluding hydrogens is 249 g/mol. The molecule has 1 amide bonds. The minimum Gasteiger partial charge on any atom is -0.480 e. The highest BCUT2D eigenvalue weighted by molar-refractivity contribution is 5.98. The van der Waals surface area contributed by atoms with E-state index < -0.39 is 23.2 Å². The van der Waals surface area contributed by atoms with Crippen molar-refractivity contribution in [1.29, 1.82) is 0 Å². The number of hydrogen-bond acceptors (Lipinski definition) is 2. The monoisotopic (exact) mass is 267 g/mol. The molecule has 1 N–H and O–H groups in total. The maximum atomic E-state index is 13.0. The minimum atomic E-state index is -1.31. The van der Waals surface area contributed by atoms with Crippen LogP contribution in [0.25, 0.3) is 0 Å². The molecule has 0 aromatic heterocycles. The molecule has 0 saturated carbocycles. The molecule has 0 saturated heterocycles. The average molecular weight is 267 g/mol. The molecule has 0 atom stereocenters. The standard InChI is InChI=1S/C14H18FNO3/c1-5-16(14(3,4)13(18)19)12(17)11-7-6-10(15)8-9(11)2/h6-8H,5H2,1-4H3,(H,18,19). The van der Waals surface area contributed by atoms with Crippen molar-refractivity contribution in [3.8, 4) is 0 Å². The second kappa shape index (κ2) is 5.38. The zero-order chi connectivity index (χ0) is 14.8. The van der Waals surface area contributed by atoms with E-state index in [4.69, 9.17) is 0 Å². The fourth-order valence-corrected chi connectivity index (χ4v) is 1.92. The van der Waals surface area contributed by atoms with Gasteiger partial charge in [-0.3, -0.25) is 4.79 Å². The zero-order valence-corrected chi connectivity index (χ0v) is 11.5. The molecule has 0 aliphatic heterocycles. The molecule has 0 fully saturated rings. The van der Waals surface area contributed by atoms with Crippen LogP contribution in [0, 0.1) is 12.7 Å². The maximum Gasteiger partial charge on any atom is 0.329 e. The van der Waals surface area contributed by atoms with Gasteiger partial charge in [-0.05, 0) is 51.5 Å². The van der Waals surface area contributed by atoms with E-state index in [9.17, 15) is 19.1 Å². The van der Waals surface area contributed by atoms with Crippen molar-refractivity contribution in [3.63, 3.8) is 0 Å². The molecule has 0 aliphatic rings. The van der Waals surface area contributed by atoms with Gasteiger partial charge < -0.3 is 10.0 Å². The van der Waals surface area contributed by atoms with Gasteiger partial charge in [0.25, 0.3) is 5.91 Å². The van der Waals surface area contributed by atoms with Crippen LogP contribution in [0.4, 0.5) is 4.39 Å². The smallest absolute Gasteiger partial charge is 0.329 e. The van der Waals surface area contributed by atoms with E-state index >= 15 is 0 Å². The summed E-state index contributed by atoms with van der Waals surface area (Å²) in [6.07, 6.45) is 0. The lowest BCUT2D eigenvalue weighted by molar-refractivity contribution is -0.147. The summed E-state index contributed by atoms with van der Waals surface area (Å²) in [4.78, 5) is 24.9. The van der Waals surface area contributed by atoms with E-state index in [0.29, 0.717) is 11.1 Å². The molecule has 0 unspecified atom stereocenters. The van der Waals surface area contributed by atoms with Gasteiger partial charge in [0.05, 0.1) is 0 Å². The van der Waals surface area contributed by atoms with E-state index in [1.165, 1.54) is 36.9 Å². The molecule has 0 bridgehead atoms. The van der Waals surface area contributed by atoms with Gasteiger partial charge >= 0.3 is 5.97 Å². The molecule has 19 heavy (non-hydrogen) atoms. The van der Waals surface area contributed by atoms with Crippen molar-refractivity contribution < 1.29 is 19.1 Å². The average Bonchev–Trinajstić information content (AvgIpc) is 2.28. The molecule has 4 nitrogen and oxygen atoms in total. The van der Waals surface area contributed by atoms with E-state index in [2.05, 4.69) is 0 Å². The third-order valence-electron chi connectivity index (χ3n) is 3.18. The van der Waals surface area contributed by atoms with Crippen LogP contribution < -0.4 is 0 Å². The number of aliphatic carboxylic acids is 1. The Bertz CT molecular complexity index is 511. The van der Waals surface area contributed by atoms with Crippen LogP contribution in [0.1, 0.15) is 36.7 Å². The number of hydrogen-bond donors (Lipinski definition) is 1. The minimum absolute atomic E-state index is 0.259. The number of amides is 1. The molecule has 1 rings (SSSR count). The summed E-state index contributed by atoms with van der Waals surface area (Å²) in [7, 11) is 0. The van der Waals surface area contributed by atoms with Gasteiger partial charge in [-0.1, -0.05) is 0 Å². The summed E-state index contributed by atoms with van der Waals surface area (Å²) >= 11 is 0. The second-order valence-electron chi connectivity index (χ2n) is 4.87. The Morgan fingerprint density at radius 1 is 1.37 bits per heavy atom. The highest BCUT2D eigenvalue weighted by atomic mass is 19.1. The summed E-state index contributed by atoms with van der Waals surface area (Å²) in [5.74, 6) is -1.91. The molecule has 0 spiro atoms. The number of carboxylic acid groups (broad SMARTS) is 1. The van der Waals surface area contributed by atoms with Gasteiger partial charge in [-0.25, -0.2) is 9.18 Å². The molecule has 1 aromatic carbocycles. The number of aryl methyl sites for hydroxylation is 1. The fourth-order valence-electron chi connectivity index (χ4n) is 1.92. The highest BCUT2D eigenvalue weighted by Gasteiger charge is 2.37. The summed E-state index contributed by atoms with van der Waals surface area (Å²) in [5.41, 5.74) is -0.505. The highest BCUT2D eigenvalue weighted by Crippen LogP contribution is 2.20. The zero-order valence-electron chi connectivity index (χ0n) is 11.5. The van der Waals surface area contributed by atoms with E-state index in [1.54, 1.807) is 13.8 Å². The lowest BCUT2D eigenvalue weighted by atomic mass is 10.00. The van der Waals surface area contributed by atoms with Gasteiger partial charge in [0, 0.05) is 12.1 Å². The normalized spacial score (nSPS) is 11.2. The van der Waals surface area contributed by atoms with Gasteiger partial charge in [-0.2, -0.15) is 0 Å². The van der Waals surface area contributed by atoms with Crippen LogP contribution in [-0.4, -0.2) is 34.0 Å². The molecule has 104 valence electrons. The Balaban J connectivity index is 3.19. The van der Waals surface area contributed by atoms with E-state index in [-0.39, 0.29) is 6.54 Å². The molecule has 1 aromatic rings. The summed E-state index contributed by atoms with van der Waals surface area (Å²) in [6.45, 7) is 6.53. The van der Waals surface area contributed by atoms with Crippen LogP contribution in [0.5, 0.6) is 0 Å². The number of carbonyl (C=O) groups excluding carboxylic acids is 1. The Kier molecular flexibility index (Phi) is 4.29. The van der Waals surface area contributed by atoms with Gasteiger partial charge in [0.2, 0.25) is 0 Å². The van der Waals surface area contributed by atoms with Crippen molar-refractivity contribution in [2.45, 2.75) is 33.2 Å². The van der Waals surface area contributed by atoms with Crippen molar-refractivity contribution in [1.82, 2.24) is 4.90 Å². The molecule has 0 aliphatic carbocycles. The molecule has 0 radical (unpaired) electrons. The lowest BCUT2D eigenvalue weighted by Gasteiger charge is -2.34. The summed E-state index contributed by atoms with van der Waals surface area (Å²) in [6, 6.07) is 3.84. The van der Waals surface area contributed by atoms with Crippen molar-refractivity contribution in [3.05, 3.63) is 35.1 Å². The van der Waals surface area contributed by atoms with E-state index in [1.807, 2.05) is 0 Å². The Morgan fingerprint density at radius 3 is 2.37 bits per heavy atom. The summed E-state index contributed by atoms with van der Waals surface area (Å²) in [5, 5.41) is 9.20. The van der Waals surface area contributed by atoms with Crippen LogP contribution in [-0.2, 0) is 4.79 Å². The van der Waals surface area contributed by atoms with Crippen molar-refractivity contribution in [2.24, 2.45) is 0 Å². The fraction of sp³-hybridized carbons (Fsp3) is 0.429. The third kappa shape index (κ3) is 2.92. The maximum absolute atomic E-state index is 13.0.